The Bertz CT molecular complexity index is 1480. The number of fused-ring (bicyclic) bond motifs is 3. The predicted molar refractivity (Wildman–Crippen MR) is 119 cm³/mol. The van der Waals surface area contributed by atoms with E-state index < -0.39 is 33.7 Å². The molecule has 1 aliphatic rings. The van der Waals surface area contributed by atoms with Crippen molar-refractivity contribution in [3.63, 3.8) is 0 Å². The number of nitrogens with one attached hydrogen (secondary N) is 1. The van der Waals surface area contributed by atoms with Crippen molar-refractivity contribution < 1.29 is 28.8 Å². The van der Waals surface area contributed by atoms with Crippen molar-refractivity contribution in [2.24, 2.45) is 0 Å². The van der Waals surface area contributed by atoms with Crippen molar-refractivity contribution in [2.75, 3.05) is 4.72 Å². The second-order valence-corrected chi connectivity index (χ2v) is 9.29. The van der Waals surface area contributed by atoms with E-state index in [0.717, 1.165) is 5.39 Å². The van der Waals surface area contributed by atoms with Crippen molar-refractivity contribution in [3.8, 4) is 11.5 Å². The zero-order valence-corrected chi connectivity index (χ0v) is 17.4. The maximum Gasteiger partial charge on any atom is 0.262 e. The molecule has 4 aromatic carbocycles. The first kappa shape index (κ1) is 20.3. The SMILES string of the molecule is O=S(=O)(Nc1cc2c(c(O)c1O)C(O)c1ccccc1C2O)c1cccc2ccccc12. The molecule has 8 heteroatoms. The molecule has 0 radical (unpaired) electrons. The fourth-order valence-electron chi connectivity index (χ4n) is 4.25. The molecule has 0 amide bonds. The lowest BCUT2D eigenvalue weighted by atomic mass is 9.81. The van der Waals surface area contributed by atoms with E-state index in [2.05, 4.69) is 4.72 Å². The Morgan fingerprint density at radius 3 is 2.09 bits per heavy atom. The van der Waals surface area contributed by atoms with Gasteiger partial charge in [-0.25, -0.2) is 8.42 Å². The molecule has 0 aliphatic heterocycles. The minimum Gasteiger partial charge on any atom is -0.504 e. The first-order valence-corrected chi connectivity index (χ1v) is 11.3. The highest BCUT2D eigenvalue weighted by atomic mass is 32.2. The highest BCUT2D eigenvalue weighted by molar-refractivity contribution is 7.93. The molecule has 0 spiro atoms. The van der Waals surface area contributed by atoms with Gasteiger partial charge in [-0.05, 0) is 34.2 Å². The minimum atomic E-state index is -4.16. The summed E-state index contributed by atoms with van der Waals surface area (Å²) >= 11 is 0. The molecule has 0 saturated carbocycles. The molecule has 2 unspecified atom stereocenters. The molecular formula is C24H19NO6S. The van der Waals surface area contributed by atoms with E-state index in [1.807, 2.05) is 0 Å². The quantitative estimate of drug-likeness (QED) is 0.305. The number of benzene rings is 4. The topological polar surface area (TPSA) is 127 Å². The molecule has 32 heavy (non-hydrogen) atoms. The molecule has 0 fully saturated rings. The number of aromatic hydroxyl groups is 2. The Labute approximate surface area is 183 Å². The third-order valence-corrected chi connectivity index (χ3v) is 7.21. The molecule has 5 rings (SSSR count). The van der Waals surface area contributed by atoms with Gasteiger partial charge in [0.25, 0.3) is 10.0 Å². The third kappa shape index (κ3) is 3.00. The van der Waals surface area contributed by atoms with Crippen LogP contribution in [0.4, 0.5) is 5.69 Å². The molecule has 1 aliphatic carbocycles. The molecule has 162 valence electrons. The molecule has 5 N–H and O–H groups in total. The van der Waals surface area contributed by atoms with Crippen molar-refractivity contribution in [1.29, 1.82) is 0 Å². The van der Waals surface area contributed by atoms with Gasteiger partial charge < -0.3 is 20.4 Å². The van der Waals surface area contributed by atoms with Crippen LogP contribution in [-0.2, 0) is 10.0 Å². The van der Waals surface area contributed by atoms with Crippen molar-refractivity contribution >= 4 is 26.5 Å². The summed E-state index contributed by atoms with van der Waals surface area (Å²) in [4.78, 5) is -0.00172. The first-order chi connectivity index (χ1) is 15.3. The van der Waals surface area contributed by atoms with Gasteiger partial charge in [0, 0.05) is 10.9 Å². The third-order valence-electron chi connectivity index (χ3n) is 5.78. The van der Waals surface area contributed by atoms with E-state index in [-0.39, 0.29) is 21.7 Å². The number of hydrogen-bond donors (Lipinski definition) is 5. The van der Waals surface area contributed by atoms with Gasteiger partial charge in [0.2, 0.25) is 0 Å². The lowest BCUT2D eigenvalue weighted by Gasteiger charge is -2.30. The van der Waals surface area contributed by atoms with E-state index in [1.165, 1.54) is 12.1 Å². The zero-order chi connectivity index (χ0) is 22.6. The van der Waals surface area contributed by atoms with Crippen LogP contribution in [0.1, 0.15) is 34.5 Å². The predicted octanol–water partition coefficient (Wildman–Crippen LogP) is 3.53. The van der Waals surface area contributed by atoms with E-state index in [1.54, 1.807) is 60.7 Å². The number of rotatable bonds is 3. The summed E-state index contributed by atoms with van der Waals surface area (Å²) in [5, 5.41) is 44.0. The van der Waals surface area contributed by atoms with Gasteiger partial charge in [-0.15, -0.1) is 0 Å². The number of phenols is 2. The van der Waals surface area contributed by atoms with Gasteiger partial charge in [-0.3, -0.25) is 4.72 Å². The molecule has 0 bridgehead atoms. The Morgan fingerprint density at radius 1 is 0.719 bits per heavy atom. The number of phenolic OH excluding ortho intramolecular Hbond substituents is 2. The molecule has 2 atom stereocenters. The number of hydrogen-bond acceptors (Lipinski definition) is 6. The van der Waals surface area contributed by atoms with Gasteiger partial charge in [0.05, 0.1) is 10.6 Å². The van der Waals surface area contributed by atoms with Crippen LogP contribution in [0.2, 0.25) is 0 Å². The Morgan fingerprint density at radius 2 is 1.34 bits per heavy atom. The highest BCUT2D eigenvalue weighted by Crippen LogP contribution is 2.50. The number of anilines is 1. The fraction of sp³-hybridized carbons (Fsp3) is 0.0833. The van der Waals surface area contributed by atoms with Crippen molar-refractivity contribution in [1.82, 2.24) is 0 Å². The van der Waals surface area contributed by atoms with Crippen LogP contribution in [0.3, 0.4) is 0 Å². The fourth-order valence-corrected chi connectivity index (χ4v) is 5.53. The van der Waals surface area contributed by atoms with Crippen LogP contribution in [0.25, 0.3) is 10.8 Å². The summed E-state index contributed by atoms with van der Waals surface area (Å²) in [6.07, 6.45) is -2.52. The molecule has 0 aromatic heterocycles. The number of aliphatic hydroxyl groups is 2. The Kier molecular flexibility index (Phi) is 4.59. The smallest absolute Gasteiger partial charge is 0.262 e. The van der Waals surface area contributed by atoms with Crippen LogP contribution in [0.15, 0.2) is 77.7 Å². The van der Waals surface area contributed by atoms with Crippen molar-refractivity contribution in [3.05, 3.63) is 95.1 Å². The normalized spacial score (nSPS) is 17.6. The molecular weight excluding hydrogens is 430 g/mol. The first-order valence-electron chi connectivity index (χ1n) is 9.84. The monoisotopic (exact) mass is 449 g/mol. The van der Waals surface area contributed by atoms with Gasteiger partial charge in [0.1, 0.15) is 12.2 Å². The summed E-state index contributed by atoms with van der Waals surface area (Å²) in [6, 6.07) is 19.7. The second-order valence-electron chi connectivity index (χ2n) is 7.64. The summed E-state index contributed by atoms with van der Waals surface area (Å²) in [7, 11) is -4.16. The average molecular weight is 449 g/mol. The summed E-state index contributed by atoms with van der Waals surface area (Å²) < 4.78 is 28.7. The van der Waals surface area contributed by atoms with Gasteiger partial charge in [-0.1, -0.05) is 60.7 Å². The average Bonchev–Trinajstić information content (AvgIpc) is 2.80. The molecule has 0 heterocycles. The van der Waals surface area contributed by atoms with E-state index in [9.17, 15) is 28.8 Å². The van der Waals surface area contributed by atoms with Gasteiger partial charge in [0.15, 0.2) is 11.5 Å². The maximum atomic E-state index is 13.2. The molecule has 0 saturated heterocycles. The van der Waals surface area contributed by atoms with Crippen LogP contribution >= 0.6 is 0 Å². The van der Waals surface area contributed by atoms with Gasteiger partial charge in [-0.2, -0.15) is 0 Å². The standard InChI is InChI=1S/C24H19NO6S/c26-21-15-9-3-4-10-16(15)22(27)20-17(21)12-18(23(28)24(20)29)25-32(30,31)19-11-5-7-13-6-1-2-8-14(13)19/h1-12,21-22,25-29H. The molecule has 7 nitrogen and oxygen atoms in total. The zero-order valence-electron chi connectivity index (χ0n) is 16.6. The Hall–Kier alpha value is -3.59. The second kappa shape index (κ2) is 7.23. The number of aliphatic hydroxyl groups excluding tert-OH is 2. The summed E-state index contributed by atoms with van der Waals surface area (Å²) in [6.45, 7) is 0. The highest BCUT2D eigenvalue weighted by Gasteiger charge is 2.35. The summed E-state index contributed by atoms with van der Waals surface area (Å²) in [5.41, 5.74) is 0.551. The lowest BCUT2D eigenvalue weighted by Crippen LogP contribution is -2.19. The van der Waals surface area contributed by atoms with Gasteiger partial charge >= 0.3 is 0 Å². The lowest BCUT2D eigenvalue weighted by molar-refractivity contribution is 0.169. The van der Waals surface area contributed by atoms with Crippen LogP contribution in [-0.4, -0.2) is 28.8 Å². The minimum absolute atomic E-state index is 0.00172. The summed E-state index contributed by atoms with van der Waals surface area (Å²) in [5.74, 6) is -1.43. The number of sulfonamides is 1. The van der Waals surface area contributed by atoms with Crippen LogP contribution in [0.5, 0.6) is 11.5 Å². The largest absolute Gasteiger partial charge is 0.504 e. The Balaban J connectivity index is 1.63. The van der Waals surface area contributed by atoms with Crippen molar-refractivity contribution in [2.45, 2.75) is 17.1 Å². The van der Waals surface area contributed by atoms with Crippen LogP contribution < -0.4 is 4.72 Å². The van der Waals surface area contributed by atoms with E-state index in [4.69, 9.17) is 0 Å². The van der Waals surface area contributed by atoms with E-state index in [0.29, 0.717) is 16.5 Å². The maximum absolute atomic E-state index is 13.2. The van der Waals surface area contributed by atoms with E-state index >= 15 is 0 Å². The van der Waals surface area contributed by atoms with Crippen LogP contribution in [0, 0.1) is 0 Å². The molecule has 4 aromatic rings.